The summed E-state index contributed by atoms with van der Waals surface area (Å²) in [5.41, 5.74) is 7.71. The summed E-state index contributed by atoms with van der Waals surface area (Å²) in [5.74, 6) is 0.714. The second kappa shape index (κ2) is 6.48. The van der Waals surface area contributed by atoms with E-state index in [0.29, 0.717) is 17.5 Å². The van der Waals surface area contributed by atoms with E-state index in [2.05, 4.69) is 29.8 Å². The first-order chi connectivity index (χ1) is 9.26. The van der Waals surface area contributed by atoms with Crippen molar-refractivity contribution in [3.05, 3.63) is 40.6 Å². The molecule has 102 valence electrons. The molecule has 3 N–H and O–H groups in total. The van der Waals surface area contributed by atoms with Gasteiger partial charge in [-0.15, -0.1) is 11.3 Å². The molecule has 3 nitrogen and oxygen atoms in total. The van der Waals surface area contributed by atoms with Gasteiger partial charge in [-0.3, -0.25) is 0 Å². The molecule has 0 aliphatic heterocycles. The highest BCUT2D eigenvalue weighted by Crippen LogP contribution is 2.34. The average molecular weight is 276 g/mol. The highest BCUT2D eigenvalue weighted by molar-refractivity contribution is 7.10. The Morgan fingerprint density at radius 1 is 1.32 bits per heavy atom. The Bertz CT molecular complexity index is 511. The van der Waals surface area contributed by atoms with Gasteiger partial charge in [0.25, 0.3) is 0 Å². The summed E-state index contributed by atoms with van der Waals surface area (Å²) in [6.07, 6.45) is 2.20. The van der Waals surface area contributed by atoms with E-state index in [4.69, 9.17) is 10.5 Å². The normalized spacial score (nSPS) is 12.1. The molecule has 0 radical (unpaired) electrons. The van der Waals surface area contributed by atoms with Gasteiger partial charge in [-0.05, 0) is 30.0 Å². The minimum absolute atomic E-state index is 0.305. The molecule has 1 atom stereocenters. The topological polar surface area (TPSA) is 47.3 Å². The van der Waals surface area contributed by atoms with E-state index in [-0.39, 0.29) is 0 Å². The largest absolute Gasteiger partial charge is 0.495 e. The third kappa shape index (κ3) is 3.20. The second-order valence-electron chi connectivity index (χ2n) is 4.42. The Morgan fingerprint density at radius 2 is 2.16 bits per heavy atom. The molecule has 2 aromatic rings. The van der Waals surface area contributed by atoms with Gasteiger partial charge in [0, 0.05) is 4.88 Å². The molecule has 4 heteroatoms. The molecule has 0 amide bonds. The summed E-state index contributed by atoms with van der Waals surface area (Å²) in [5, 5.41) is 5.64. The number of anilines is 2. The van der Waals surface area contributed by atoms with Crippen molar-refractivity contribution in [1.29, 1.82) is 0 Å². The first-order valence-corrected chi connectivity index (χ1v) is 7.36. The van der Waals surface area contributed by atoms with Crippen LogP contribution in [0.3, 0.4) is 0 Å². The number of hydrogen-bond acceptors (Lipinski definition) is 4. The van der Waals surface area contributed by atoms with Crippen LogP contribution in [0.2, 0.25) is 0 Å². The molecule has 0 saturated carbocycles. The molecule has 0 aliphatic carbocycles. The minimum atomic E-state index is 0.305. The predicted octanol–water partition coefficient (Wildman–Crippen LogP) is 4.29. The van der Waals surface area contributed by atoms with Crippen molar-refractivity contribution in [2.75, 3.05) is 18.2 Å². The number of benzene rings is 1. The van der Waals surface area contributed by atoms with Gasteiger partial charge in [-0.25, -0.2) is 0 Å². The fourth-order valence-corrected chi connectivity index (χ4v) is 2.91. The maximum absolute atomic E-state index is 6.11. The number of ether oxygens (including phenoxy) is 1. The molecule has 0 fully saturated rings. The van der Waals surface area contributed by atoms with Crippen LogP contribution in [-0.2, 0) is 0 Å². The summed E-state index contributed by atoms with van der Waals surface area (Å²) in [6, 6.07) is 10.4. The maximum atomic E-state index is 6.11. The minimum Gasteiger partial charge on any atom is -0.495 e. The van der Waals surface area contributed by atoms with Crippen LogP contribution >= 0.6 is 11.3 Å². The van der Waals surface area contributed by atoms with Gasteiger partial charge in [0.15, 0.2) is 0 Å². The van der Waals surface area contributed by atoms with Crippen molar-refractivity contribution in [2.24, 2.45) is 0 Å². The lowest BCUT2D eigenvalue weighted by atomic mass is 10.1. The van der Waals surface area contributed by atoms with E-state index < -0.39 is 0 Å². The summed E-state index contributed by atoms with van der Waals surface area (Å²) in [7, 11) is 1.64. The first kappa shape index (κ1) is 13.7. The molecular formula is C15H20N2OS. The number of hydrogen-bond donors (Lipinski definition) is 2. The summed E-state index contributed by atoms with van der Waals surface area (Å²) >= 11 is 1.77. The Balaban J connectivity index is 2.22. The van der Waals surface area contributed by atoms with Crippen molar-refractivity contribution in [3.63, 3.8) is 0 Å². The summed E-state index contributed by atoms with van der Waals surface area (Å²) in [4.78, 5) is 1.34. The monoisotopic (exact) mass is 276 g/mol. The van der Waals surface area contributed by atoms with Crippen LogP contribution in [0, 0.1) is 0 Å². The molecule has 19 heavy (non-hydrogen) atoms. The van der Waals surface area contributed by atoms with Crippen LogP contribution < -0.4 is 15.8 Å². The summed E-state index contributed by atoms with van der Waals surface area (Å²) in [6.45, 7) is 2.19. The van der Waals surface area contributed by atoms with Gasteiger partial charge in [0.1, 0.15) is 5.75 Å². The molecule has 0 aliphatic rings. The number of para-hydroxylation sites is 1. The fraction of sp³-hybridized carbons (Fsp3) is 0.333. The van der Waals surface area contributed by atoms with Crippen LogP contribution in [-0.4, -0.2) is 7.11 Å². The van der Waals surface area contributed by atoms with Gasteiger partial charge in [0.05, 0.1) is 24.5 Å². The van der Waals surface area contributed by atoms with E-state index in [1.807, 2.05) is 18.2 Å². The number of nitrogen functional groups attached to an aromatic ring is 1. The Kier molecular flexibility index (Phi) is 4.68. The van der Waals surface area contributed by atoms with Crippen molar-refractivity contribution < 1.29 is 4.74 Å². The average Bonchev–Trinajstić information content (AvgIpc) is 2.94. The lowest BCUT2D eigenvalue weighted by molar-refractivity contribution is 0.417. The molecule has 0 bridgehead atoms. The van der Waals surface area contributed by atoms with Gasteiger partial charge >= 0.3 is 0 Å². The smallest absolute Gasteiger partial charge is 0.143 e. The standard InChI is InChI=1S/C15H20N2OS/c1-3-6-11(14-9-5-10-19-14)17-12-7-4-8-13(18-2)15(12)16/h4-5,7-11,17H,3,6,16H2,1-2H3. The van der Waals surface area contributed by atoms with Crippen molar-refractivity contribution in [1.82, 2.24) is 0 Å². The molecule has 2 rings (SSSR count). The number of methoxy groups -OCH3 is 1. The first-order valence-electron chi connectivity index (χ1n) is 6.48. The predicted molar refractivity (Wildman–Crippen MR) is 83.0 cm³/mol. The molecule has 1 unspecified atom stereocenters. The van der Waals surface area contributed by atoms with E-state index in [1.165, 1.54) is 4.88 Å². The van der Waals surface area contributed by atoms with Gasteiger partial charge in [-0.2, -0.15) is 0 Å². The van der Waals surface area contributed by atoms with Crippen LogP contribution in [0.1, 0.15) is 30.7 Å². The van der Waals surface area contributed by atoms with Crippen molar-refractivity contribution in [3.8, 4) is 5.75 Å². The highest BCUT2D eigenvalue weighted by Gasteiger charge is 2.14. The summed E-state index contributed by atoms with van der Waals surface area (Å²) < 4.78 is 5.26. The van der Waals surface area contributed by atoms with Crippen molar-refractivity contribution in [2.45, 2.75) is 25.8 Å². The highest BCUT2D eigenvalue weighted by atomic mass is 32.1. The van der Waals surface area contributed by atoms with Crippen LogP contribution in [0.25, 0.3) is 0 Å². The molecular weight excluding hydrogens is 256 g/mol. The van der Waals surface area contributed by atoms with Crippen molar-refractivity contribution >= 4 is 22.7 Å². The van der Waals surface area contributed by atoms with E-state index in [1.54, 1.807) is 18.4 Å². The second-order valence-corrected chi connectivity index (χ2v) is 5.40. The fourth-order valence-electron chi connectivity index (χ4n) is 2.10. The lowest BCUT2D eigenvalue weighted by Crippen LogP contribution is -2.11. The number of nitrogens with two attached hydrogens (primary N) is 1. The SMILES string of the molecule is CCCC(Nc1cccc(OC)c1N)c1cccs1. The molecule has 1 heterocycles. The third-order valence-electron chi connectivity index (χ3n) is 3.08. The van der Waals surface area contributed by atoms with Gasteiger partial charge in [-0.1, -0.05) is 25.5 Å². The van der Waals surface area contributed by atoms with Crippen LogP contribution in [0.5, 0.6) is 5.75 Å². The zero-order valence-electron chi connectivity index (χ0n) is 11.3. The Hall–Kier alpha value is -1.68. The lowest BCUT2D eigenvalue weighted by Gasteiger charge is -2.20. The van der Waals surface area contributed by atoms with E-state index in [9.17, 15) is 0 Å². The molecule has 1 aromatic carbocycles. The third-order valence-corrected chi connectivity index (χ3v) is 4.07. The Morgan fingerprint density at radius 3 is 2.79 bits per heavy atom. The zero-order chi connectivity index (χ0) is 13.7. The molecule has 0 spiro atoms. The Labute approximate surface area is 118 Å². The van der Waals surface area contributed by atoms with E-state index >= 15 is 0 Å². The number of thiophene rings is 1. The van der Waals surface area contributed by atoms with Crippen LogP contribution in [0.15, 0.2) is 35.7 Å². The number of rotatable bonds is 6. The van der Waals surface area contributed by atoms with E-state index in [0.717, 1.165) is 18.5 Å². The quantitative estimate of drug-likeness (QED) is 0.774. The maximum Gasteiger partial charge on any atom is 0.143 e. The van der Waals surface area contributed by atoms with Gasteiger partial charge in [0.2, 0.25) is 0 Å². The molecule has 1 aromatic heterocycles. The zero-order valence-corrected chi connectivity index (χ0v) is 12.2. The van der Waals surface area contributed by atoms with Gasteiger partial charge < -0.3 is 15.8 Å². The van der Waals surface area contributed by atoms with Crippen LogP contribution in [0.4, 0.5) is 11.4 Å². The molecule has 0 saturated heterocycles. The number of nitrogens with one attached hydrogen (secondary N) is 1.